The van der Waals surface area contributed by atoms with E-state index in [1.165, 1.54) is 13.0 Å². The van der Waals surface area contributed by atoms with Crippen LogP contribution in [0.15, 0.2) is 4.99 Å². The van der Waals surface area contributed by atoms with E-state index in [0.29, 0.717) is 0 Å². The van der Waals surface area contributed by atoms with Crippen LogP contribution in [0.2, 0.25) is 0 Å². The molecule has 1 N–H and O–H groups in total. The molecule has 0 radical (unpaired) electrons. The molecule has 5 nitrogen and oxygen atoms in total. The van der Waals surface area contributed by atoms with Crippen molar-refractivity contribution >= 4 is 17.7 Å². The highest BCUT2D eigenvalue weighted by atomic mass is 32.2. The Morgan fingerprint density at radius 3 is 2.59 bits per heavy atom. The molecule has 2 aliphatic rings. The third-order valence-corrected chi connectivity index (χ3v) is 5.90. The summed E-state index contributed by atoms with van der Waals surface area (Å²) in [5, 5.41) is 3.53. The second kappa shape index (κ2) is 8.41. The summed E-state index contributed by atoms with van der Waals surface area (Å²) in [7, 11) is 1.89. The molecule has 6 heteroatoms. The van der Waals surface area contributed by atoms with Crippen LogP contribution in [0.4, 0.5) is 0 Å². The van der Waals surface area contributed by atoms with E-state index in [4.69, 9.17) is 4.74 Å². The number of hydrogen-bond acceptors (Lipinski definition) is 4. The number of nitrogens with one attached hydrogen (secondary N) is 1. The molecule has 22 heavy (non-hydrogen) atoms. The van der Waals surface area contributed by atoms with Gasteiger partial charge in [-0.2, -0.15) is 11.8 Å². The molecule has 2 saturated heterocycles. The lowest BCUT2D eigenvalue weighted by Gasteiger charge is -2.38. The van der Waals surface area contributed by atoms with Crippen LogP contribution >= 0.6 is 11.8 Å². The first-order valence-corrected chi connectivity index (χ1v) is 9.57. The minimum Gasteiger partial charge on any atom is -0.381 e. The molecule has 128 valence electrons. The van der Waals surface area contributed by atoms with Crippen molar-refractivity contribution in [3.05, 3.63) is 0 Å². The quantitative estimate of drug-likeness (QED) is 0.609. The molecule has 0 aromatic heterocycles. The highest BCUT2D eigenvalue weighted by Crippen LogP contribution is 2.20. The maximum Gasteiger partial charge on any atom is 0.193 e. The number of ether oxygens (including phenoxy) is 1. The average molecular weight is 329 g/mol. The summed E-state index contributed by atoms with van der Waals surface area (Å²) < 4.78 is 5.72. The predicted molar refractivity (Wildman–Crippen MR) is 95.9 cm³/mol. The highest BCUT2D eigenvalue weighted by molar-refractivity contribution is 7.99. The van der Waals surface area contributed by atoms with Crippen molar-refractivity contribution in [3.8, 4) is 0 Å². The maximum absolute atomic E-state index is 5.48. The van der Waals surface area contributed by atoms with Gasteiger partial charge in [-0.25, -0.2) is 0 Å². The lowest BCUT2D eigenvalue weighted by molar-refractivity contribution is 0.139. The molecule has 1 unspecified atom stereocenters. The van der Waals surface area contributed by atoms with Gasteiger partial charge in [0.2, 0.25) is 0 Å². The van der Waals surface area contributed by atoms with E-state index < -0.39 is 0 Å². The van der Waals surface area contributed by atoms with Gasteiger partial charge in [-0.3, -0.25) is 9.89 Å². The molecule has 2 rings (SSSR count). The first kappa shape index (κ1) is 17.9. The summed E-state index contributed by atoms with van der Waals surface area (Å²) in [5.74, 6) is 1.79. The van der Waals surface area contributed by atoms with Gasteiger partial charge in [0.1, 0.15) is 0 Å². The van der Waals surface area contributed by atoms with Gasteiger partial charge in [0.05, 0.1) is 6.61 Å². The maximum atomic E-state index is 5.48. The SMILES string of the molecule is CN=C(NCC(C)(C)SC)N1CCN(CC2CCOC2)CC1. The van der Waals surface area contributed by atoms with Crippen LogP contribution in [0, 0.1) is 5.92 Å². The summed E-state index contributed by atoms with van der Waals surface area (Å²) >= 11 is 1.89. The summed E-state index contributed by atoms with van der Waals surface area (Å²) in [5.41, 5.74) is 0. The normalized spacial score (nSPS) is 24.8. The van der Waals surface area contributed by atoms with Crippen molar-refractivity contribution in [3.63, 3.8) is 0 Å². The molecule has 2 fully saturated rings. The Bertz CT molecular complexity index is 361. The Morgan fingerprint density at radius 1 is 1.32 bits per heavy atom. The first-order chi connectivity index (χ1) is 10.5. The number of piperazine rings is 1. The van der Waals surface area contributed by atoms with Gasteiger partial charge in [-0.1, -0.05) is 0 Å². The number of guanidine groups is 1. The first-order valence-electron chi connectivity index (χ1n) is 8.35. The van der Waals surface area contributed by atoms with Crippen LogP contribution in [0.1, 0.15) is 20.3 Å². The molecule has 0 aromatic rings. The minimum atomic E-state index is 0.236. The zero-order valence-corrected chi connectivity index (χ0v) is 15.4. The third-order valence-electron chi connectivity index (χ3n) is 4.65. The van der Waals surface area contributed by atoms with Crippen LogP contribution in [-0.2, 0) is 4.74 Å². The van der Waals surface area contributed by atoms with Crippen molar-refractivity contribution in [2.75, 3.05) is 65.8 Å². The van der Waals surface area contributed by atoms with Gasteiger partial charge in [0.15, 0.2) is 5.96 Å². The van der Waals surface area contributed by atoms with Crippen molar-refractivity contribution < 1.29 is 4.74 Å². The Morgan fingerprint density at radius 2 is 2.05 bits per heavy atom. The fraction of sp³-hybridized carbons (Fsp3) is 0.938. The van der Waals surface area contributed by atoms with Gasteiger partial charge < -0.3 is 15.0 Å². The highest BCUT2D eigenvalue weighted by Gasteiger charge is 2.25. The van der Waals surface area contributed by atoms with Gasteiger partial charge >= 0.3 is 0 Å². The molecule has 2 aliphatic heterocycles. The zero-order valence-electron chi connectivity index (χ0n) is 14.6. The Balaban J connectivity index is 1.74. The topological polar surface area (TPSA) is 40.1 Å². The van der Waals surface area contributed by atoms with Crippen LogP contribution in [0.5, 0.6) is 0 Å². The average Bonchev–Trinajstić information content (AvgIpc) is 3.02. The smallest absolute Gasteiger partial charge is 0.193 e. The van der Waals surface area contributed by atoms with Crippen molar-refractivity contribution in [1.82, 2.24) is 15.1 Å². The van der Waals surface area contributed by atoms with Crippen molar-refractivity contribution in [1.29, 1.82) is 0 Å². The largest absolute Gasteiger partial charge is 0.381 e. The fourth-order valence-corrected chi connectivity index (χ4v) is 3.15. The summed E-state index contributed by atoms with van der Waals surface area (Å²) in [6.07, 6.45) is 3.39. The Labute approximate surface area is 139 Å². The van der Waals surface area contributed by atoms with Gasteiger partial charge in [-0.05, 0) is 32.4 Å². The molecular weight excluding hydrogens is 296 g/mol. The third kappa shape index (κ3) is 5.32. The Hall–Kier alpha value is -0.460. The van der Waals surface area contributed by atoms with Crippen LogP contribution < -0.4 is 5.32 Å². The molecule has 0 amide bonds. The van der Waals surface area contributed by atoms with Crippen LogP contribution in [-0.4, -0.2) is 86.3 Å². The number of hydrogen-bond donors (Lipinski definition) is 1. The van der Waals surface area contributed by atoms with Crippen LogP contribution in [0.3, 0.4) is 0 Å². The van der Waals surface area contributed by atoms with E-state index >= 15 is 0 Å². The molecule has 0 spiro atoms. The van der Waals surface area contributed by atoms with E-state index in [9.17, 15) is 0 Å². The van der Waals surface area contributed by atoms with E-state index in [1.807, 2.05) is 18.8 Å². The number of thioether (sulfide) groups is 1. The van der Waals surface area contributed by atoms with Crippen LogP contribution in [0.25, 0.3) is 0 Å². The molecular formula is C16H32N4OS. The monoisotopic (exact) mass is 328 g/mol. The van der Waals surface area contributed by atoms with Gasteiger partial charge in [0.25, 0.3) is 0 Å². The van der Waals surface area contributed by atoms with Crippen molar-refractivity contribution in [2.24, 2.45) is 10.9 Å². The van der Waals surface area contributed by atoms with E-state index in [1.54, 1.807) is 0 Å². The Kier molecular flexibility index (Phi) is 6.84. The lowest BCUT2D eigenvalue weighted by Crippen LogP contribution is -2.54. The lowest BCUT2D eigenvalue weighted by atomic mass is 10.1. The molecule has 0 saturated carbocycles. The molecule has 0 aliphatic carbocycles. The van der Waals surface area contributed by atoms with E-state index in [2.05, 4.69) is 40.2 Å². The molecule has 0 bridgehead atoms. The molecule has 2 heterocycles. The summed E-state index contributed by atoms with van der Waals surface area (Å²) in [6.45, 7) is 12.9. The van der Waals surface area contributed by atoms with Gasteiger partial charge in [0, 0.05) is 57.7 Å². The van der Waals surface area contributed by atoms with E-state index in [0.717, 1.165) is 57.8 Å². The number of rotatable bonds is 5. The van der Waals surface area contributed by atoms with Gasteiger partial charge in [-0.15, -0.1) is 0 Å². The second-order valence-electron chi connectivity index (χ2n) is 6.88. The van der Waals surface area contributed by atoms with E-state index in [-0.39, 0.29) is 4.75 Å². The summed E-state index contributed by atoms with van der Waals surface area (Å²) in [6, 6.07) is 0. The zero-order chi connectivity index (χ0) is 16.0. The number of nitrogens with zero attached hydrogens (tertiary/aromatic N) is 3. The molecule has 0 aromatic carbocycles. The number of aliphatic imine (C=N–C) groups is 1. The summed E-state index contributed by atoms with van der Waals surface area (Å²) in [4.78, 5) is 9.43. The molecule has 1 atom stereocenters. The standard InChI is InChI=1S/C16H32N4OS/c1-16(2,22-4)13-18-15(17-3)20-8-6-19(7-9-20)11-14-5-10-21-12-14/h14H,5-13H2,1-4H3,(H,17,18). The predicted octanol–water partition coefficient (Wildman–Crippen LogP) is 1.36. The minimum absolute atomic E-state index is 0.236. The van der Waals surface area contributed by atoms with Crippen molar-refractivity contribution in [2.45, 2.75) is 25.0 Å². The fourth-order valence-electron chi connectivity index (χ4n) is 2.93. The second-order valence-corrected chi connectivity index (χ2v) is 8.40.